The zero-order chi connectivity index (χ0) is 13.8. The molecule has 1 N–H and O–H groups in total. The molecule has 1 rings (SSSR count). The van der Waals surface area contributed by atoms with E-state index in [-0.39, 0.29) is 0 Å². The molecule has 18 heavy (non-hydrogen) atoms. The van der Waals surface area contributed by atoms with E-state index >= 15 is 0 Å². The molecule has 1 saturated heterocycles. The van der Waals surface area contributed by atoms with Crippen molar-refractivity contribution in [1.82, 2.24) is 10.2 Å². The van der Waals surface area contributed by atoms with E-state index in [1.54, 1.807) is 0 Å². The molecule has 3 nitrogen and oxygen atoms in total. The Morgan fingerprint density at radius 3 is 2.61 bits per heavy atom. The topological polar surface area (TPSA) is 39.1 Å². The second-order valence-electron chi connectivity index (χ2n) is 5.96. The van der Waals surface area contributed by atoms with Gasteiger partial charge in [0, 0.05) is 18.1 Å². The van der Waals surface area contributed by atoms with Crippen LogP contribution >= 0.6 is 0 Å². The number of nitrogens with zero attached hydrogens (tertiary/aromatic N) is 2. The minimum absolute atomic E-state index is 0.394. The predicted octanol–water partition coefficient (Wildman–Crippen LogP) is 2.92. The molecule has 4 atom stereocenters. The van der Waals surface area contributed by atoms with E-state index in [4.69, 9.17) is 0 Å². The molecule has 1 heterocycles. The fourth-order valence-corrected chi connectivity index (χ4v) is 3.54. The summed E-state index contributed by atoms with van der Waals surface area (Å²) in [5, 5.41) is 12.7. The molecule has 3 heteroatoms. The average Bonchev–Trinajstić information content (AvgIpc) is 2.70. The van der Waals surface area contributed by atoms with Crippen LogP contribution in [0.25, 0.3) is 0 Å². The second kappa shape index (κ2) is 6.54. The molecule has 0 amide bonds. The quantitative estimate of drug-likeness (QED) is 0.789. The Morgan fingerprint density at radius 2 is 2.11 bits per heavy atom. The van der Waals surface area contributed by atoms with Gasteiger partial charge in [0.1, 0.15) is 5.54 Å². The van der Waals surface area contributed by atoms with E-state index < -0.39 is 5.54 Å². The van der Waals surface area contributed by atoms with Crippen LogP contribution in [0.1, 0.15) is 60.3 Å². The van der Waals surface area contributed by atoms with E-state index in [9.17, 15) is 5.26 Å². The van der Waals surface area contributed by atoms with Crippen LogP contribution in [0, 0.1) is 11.3 Å². The zero-order valence-electron chi connectivity index (χ0n) is 12.7. The lowest BCUT2D eigenvalue weighted by Gasteiger charge is -2.37. The van der Waals surface area contributed by atoms with Crippen molar-refractivity contribution in [3.05, 3.63) is 0 Å². The summed E-state index contributed by atoms with van der Waals surface area (Å²) in [7, 11) is 0. The van der Waals surface area contributed by atoms with Crippen LogP contribution in [0.15, 0.2) is 0 Å². The molecule has 0 radical (unpaired) electrons. The first kappa shape index (κ1) is 15.5. The maximum absolute atomic E-state index is 9.37. The van der Waals surface area contributed by atoms with Gasteiger partial charge in [-0.15, -0.1) is 0 Å². The maximum Gasteiger partial charge on any atom is 0.105 e. The van der Waals surface area contributed by atoms with Crippen molar-refractivity contribution in [3.63, 3.8) is 0 Å². The Kier molecular flexibility index (Phi) is 5.62. The van der Waals surface area contributed by atoms with Gasteiger partial charge in [0.2, 0.25) is 0 Å². The summed E-state index contributed by atoms with van der Waals surface area (Å²) in [6.45, 7) is 11.8. The molecule has 1 aliphatic heterocycles. The van der Waals surface area contributed by atoms with Crippen molar-refractivity contribution >= 4 is 0 Å². The van der Waals surface area contributed by atoms with Crippen molar-refractivity contribution < 1.29 is 0 Å². The Bertz CT molecular complexity index is 297. The molecule has 0 aliphatic carbocycles. The van der Waals surface area contributed by atoms with Crippen LogP contribution in [0.5, 0.6) is 0 Å². The van der Waals surface area contributed by atoms with Gasteiger partial charge in [0.15, 0.2) is 0 Å². The van der Waals surface area contributed by atoms with Gasteiger partial charge in [-0.3, -0.25) is 10.2 Å². The standard InChI is InChI=1S/C15H29N3/c1-6-14-9-8-12(3)18(14)13(4)10-15(5,11-16)17-7-2/h12-14,17H,6-10H2,1-5H3. The molecule has 0 aromatic heterocycles. The Morgan fingerprint density at radius 1 is 1.44 bits per heavy atom. The minimum atomic E-state index is -0.394. The largest absolute Gasteiger partial charge is 0.300 e. The van der Waals surface area contributed by atoms with Gasteiger partial charge >= 0.3 is 0 Å². The monoisotopic (exact) mass is 251 g/mol. The summed E-state index contributed by atoms with van der Waals surface area (Å²) in [6, 6.07) is 4.28. The van der Waals surface area contributed by atoms with Gasteiger partial charge < -0.3 is 0 Å². The summed E-state index contributed by atoms with van der Waals surface area (Å²) < 4.78 is 0. The van der Waals surface area contributed by atoms with Crippen LogP contribution in [0.2, 0.25) is 0 Å². The Labute approximate surface area is 113 Å². The fraction of sp³-hybridized carbons (Fsp3) is 0.933. The molecule has 4 unspecified atom stereocenters. The number of likely N-dealkylation sites (tertiary alicyclic amines) is 1. The van der Waals surface area contributed by atoms with Gasteiger partial charge in [-0.25, -0.2) is 0 Å². The third kappa shape index (κ3) is 3.46. The van der Waals surface area contributed by atoms with Crippen molar-refractivity contribution in [1.29, 1.82) is 5.26 Å². The van der Waals surface area contributed by atoms with Crippen molar-refractivity contribution in [2.45, 2.75) is 84.0 Å². The summed E-state index contributed by atoms with van der Waals surface area (Å²) in [4.78, 5) is 2.63. The summed E-state index contributed by atoms with van der Waals surface area (Å²) >= 11 is 0. The zero-order valence-corrected chi connectivity index (χ0v) is 12.7. The highest BCUT2D eigenvalue weighted by Crippen LogP contribution is 2.30. The molecule has 0 aromatic rings. The highest BCUT2D eigenvalue weighted by atomic mass is 15.2. The highest BCUT2D eigenvalue weighted by molar-refractivity contribution is 5.06. The first-order valence-electron chi connectivity index (χ1n) is 7.41. The summed E-state index contributed by atoms with van der Waals surface area (Å²) in [5.41, 5.74) is -0.394. The van der Waals surface area contributed by atoms with Crippen LogP contribution in [0.4, 0.5) is 0 Å². The molecule has 0 bridgehead atoms. The first-order valence-corrected chi connectivity index (χ1v) is 7.41. The molecule has 0 saturated carbocycles. The van der Waals surface area contributed by atoms with Crippen LogP contribution in [-0.4, -0.2) is 35.1 Å². The maximum atomic E-state index is 9.37. The molecule has 1 aliphatic rings. The second-order valence-corrected chi connectivity index (χ2v) is 5.96. The van der Waals surface area contributed by atoms with E-state index in [1.165, 1.54) is 19.3 Å². The number of nitrogens with one attached hydrogen (secondary N) is 1. The van der Waals surface area contributed by atoms with Crippen LogP contribution in [0.3, 0.4) is 0 Å². The van der Waals surface area contributed by atoms with Gasteiger partial charge in [-0.1, -0.05) is 13.8 Å². The third-order valence-corrected chi connectivity index (χ3v) is 4.35. The van der Waals surface area contributed by atoms with E-state index in [1.807, 2.05) is 6.92 Å². The van der Waals surface area contributed by atoms with E-state index in [2.05, 4.69) is 44.0 Å². The molecular formula is C15H29N3. The number of nitriles is 1. The molecular weight excluding hydrogens is 222 g/mol. The van der Waals surface area contributed by atoms with Crippen LogP contribution < -0.4 is 5.32 Å². The lowest BCUT2D eigenvalue weighted by Crippen LogP contribution is -2.49. The van der Waals surface area contributed by atoms with Crippen molar-refractivity contribution in [2.75, 3.05) is 6.54 Å². The number of rotatable bonds is 6. The average molecular weight is 251 g/mol. The molecule has 104 valence electrons. The lowest BCUT2D eigenvalue weighted by atomic mass is 9.93. The molecule has 1 fully saturated rings. The molecule has 0 aromatic carbocycles. The SMILES string of the molecule is CCNC(C)(C#N)CC(C)N1C(C)CCC1CC. The number of hydrogen-bond donors (Lipinski definition) is 1. The molecule has 0 spiro atoms. The smallest absolute Gasteiger partial charge is 0.105 e. The minimum Gasteiger partial charge on any atom is -0.300 e. The van der Waals surface area contributed by atoms with Crippen molar-refractivity contribution in [2.24, 2.45) is 0 Å². The fourth-order valence-electron chi connectivity index (χ4n) is 3.54. The van der Waals surface area contributed by atoms with Crippen molar-refractivity contribution in [3.8, 4) is 6.07 Å². The van der Waals surface area contributed by atoms with E-state index in [0.29, 0.717) is 18.1 Å². The highest BCUT2D eigenvalue weighted by Gasteiger charge is 2.36. The van der Waals surface area contributed by atoms with Crippen LogP contribution in [-0.2, 0) is 0 Å². The summed E-state index contributed by atoms with van der Waals surface area (Å²) in [5.74, 6) is 0. The Hall–Kier alpha value is -0.590. The van der Waals surface area contributed by atoms with Gasteiger partial charge in [-0.2, -0.15) is 5.26 Å². The Balaban J connectivity index is 2.69. The van der Waals surface area contributed by atoms with E-state index in [0.717, 1.165) is 13.0 Å². The van der Waals surface area contributed by atoms with Gasteiger partial charge in [-0.05, 0) is 53.0 Å². The number of hydrogen-bond acceptors (Lipinski definition) is 3. The summed E-state index contributed by atoms with van der Waals surface area (Å²) in [6.07, 6.45) is 4.73. The van der Waals surface area contributed by atoms with Gasteiger partial charge in [0.25, 0.3) is 0 Å². The first-order chi connectivity index (χ1) is 8.47. The lowest BCUT2D eigenvalue weighted by molar-refractivity contribution is 0.121. The normalized spacial score (nSPS) is 29.8. The third-order valence-electron chi connectivity index (χ3n) is 4.35. The predicted molar refractivity (Wildman–Crippen MR) is 76.4 cm³/mol. The van der Waals surface area contributed by atoms with Gasteiger partial charge in [0.05, 0.1) is 6.07 Å².